The van der Waals surface area contributed by atoms with Crippen LogP contribution in [0, 0.1) is 23.1 Å². The average molecular weight is 293 g/mol. The fourth-order valence-electron chi connectivity index (χ4n) is 1.68. The van der Waals surface area contributed by atoms with Crippen LogP contribution in [0.3, 0.4) is 0 Å². The minimum atomic E-state index is -1.21. The number of nitrogens with one attached hydrogen (secondary N) is 1. The number of rotatable bonds is 5. The van der Waals surface area contributed by atoms with E-state index in [0.29, 0.717) is 6.54 Å². The largest absolute Gasteiger partial charge is 0.478 e. The standard InChI is InChI=1S/C14H16FN3O3/c1-3-18(8-9(2)7-16)14(21)17-12-6-10(13(19)20)4-5-11(12)15/h4-6,9H,3,8H2,1-2H3,(H,17,21)(H,19,20). The number of carboxylic acids is 1. The molecule has 0 saturated carbocycles. The van der Waals surface area contributed by atoms with Gasteiger partial charge in [-0.25, -0.2) is 14.0 Å². The highest BCUT2D eigenvalue weighted by Gasteiger charge is 2.17. The molecule has 1 rings (SSSR count). The minimum absolute atomic E-state index is 0.125. The number of benzene rings is 1. The van der Waals surface area contributed by atoms with Gasteiger partial charge in [-0.1, -0.05) is 0 Å². The topological polar surface area (TPSA) is 93.4 Å². The predicted molar refractivity (Wildman–Crippen MR) is 74.4 cm³/mol. The van der Waals surface area contributed by atoms with Gasteiger partial charge in [-0.3, -0.25) is 0 Å². The molecule has 0 aliphatic carbocycles. The second kappa shape index (κ2) is 7.24. The number of carbonyl (C=O) groups excluding carboxylic acids is 1. The second-order valence-electron chi connectivity index (χ2n) is 4.50. The molecule has 0 aliphatic rings. The molecule has 1 unspecified atom stereocenters. The van der Waals surface area contributed by atoms with Crippen molar-refractivity contribution in [3.05, 3.63) is 29.6 Å². The van der Waals surface area contributed by atoms with Gasteiger partial charge in [-0.15, -0.1) is 0 Å². The Morgan fingerprint density at radius 3 is 2.71 bits per heavy atom. The number of hydrogen-bond donors (Lipinski definition) is 2. The fraction of sp³-hybridized carbons (Fsp3) is 0.357. The van der Waals surface area contributed by atoms with E-state index < -0.39 is 17.8 Å². The molecule has 1 atom stereocenters. The quantitative estimate of drug-likeness (QED) is 0.872. The number of nitriles is 1. The first kappa shape index (κ1) is 16.4. The normalized spacial score (nSPS) is 11.3. The number of carbonyl (C=O) groups is 2. The molecule has 0 fully saturated rings. The van der Waals surface area contributed by atoms with Gasteiger partial charge < -0.3 is 15.3 Å². The van der Waals surface area contributed by atoms with E-state index in [1.807, 2.05) is 6.07 Å². The molecule has 6 nitrogen and oxygen atoms in total. The van der Waals surface area contributed by atoms with Gasteiger partial charge in [-0.2, -0.15) is 5.26 Å². The lowest BCUT2D eigenvalue weighted by Gasteiger charge is -2.22. The van der Waals surface area contributed by atoms with Crippen LogP contribution in [0.4, 0.5) is 14.9 Å². The van der Waals surface area contributed by atoms with E-state index in [2.05, 4.69) is 5.32 Å². The lowest BCUT2D eigenvalue weighted by Crippen LogP contribution is -2.37. The Balaban J connectivity index is 2.89. The van der Waals surface area contributed by atoms with Crippen molar-refractivity contribution in [2.45, 2.75) is 13.8 Å². The lowest BCUT2D eigenvalue weighted by molar-refractivity contribution is 0.0697. The highest BCUT2D eigenvalue weighted by atomic mass is 19.1. The average Bonchev–Trinajstić information content (AvgIpc) is 2.46. The van der Waals surface area contributed by atoms with Crippen LogP contribution in [0.1, 0.15) is 24.2 Å². The first-order chi connectivity index (χ1) is 9.88. The molecule has 1 aromatic rings. The van der Waals surface area contributed by atoms with E-state index in [1.165, 1.54) is 4.90 Å². The van der Waals surface area contributed by atoms with Crippen LogP contribution in [0.15, 0.2) is 18.2 Å². The summed E-state index contributed by atoms with van der Waals surface area (Å²) in [4.78, 5) is 24.2. The van der Waals surface area contributed by atoms with Crippen LogP contribution < -0.4 is 5.32 Å². The van der Waals surface area contributed by atoms with E-state index in [1.54, 1.807) is 13.8 Å². The van der Waals surface area contributed by atoms with Crippen LogP contribution in [-0.4, -0.2) is 35.1 Å². The summed E-state index contributed by atoms with van der Waals surface area (Å²) in [6.07, 6.45) is 0. The number of amides is 2. The smallest absolute Gasteiger partial charge is 0.335 e. The first-order valence-corrected chi connectivity index (χ1v) is 6.37. The van der Waals surface area contributed by atoms with E-state index in [9.17, 15) is 14.0 Å². The zero-order valence-electron chi connectivity index (χ0n) is 11.8. The van der Waals surface area contributed by atoms with Crippen molar-refractivity contribution in [2.24, 2.45) is 5.92 Å². The van der Waals surface area contributed by atoms with E-state index in [0.717, 1.165) is 18.2 Å². The number of urea groups is 1. The van der Waals surface area contributed by atoms with Crippen molar-refractivity contribution in [1.82, 2.24) is 4.90 Å². The Hall–Kier alpha value is -2.62. The van der Waals surface area contributed by atoms with Crippen LogP contribution in [0.25, 0.3) is 0 Å². The van der Waals surface area contributed by atoms with Gasteiger partial charge in [0, 0.05) is 13.1 Å². The minimum Gasteiger partial charge on any atom is -0.478 e. The second-order valence-corrected chi connectivity index (χ2v) is 4.50. The molecule has 2 N–H and O–H groups in total. The van der Waals surface area contributed by atoms with Crippen LogP contribution >= 0.6 is 0 Å². The Bertz CT molecular complexity index is 583. The molecule has 2 amide bonds. The molecular weight excluding hydrogens is 277 g/mol. The van der Waals surface area contributed by atoms with Crippen molar-refractivity contribution in [3.63, 3.8) is 0 Å². The molecule has 7 heteroatoms. The Labute approximate surface area is 121 Å². The van der Waals surface area contributed by atoms with Crippen LogP contribution in [0.2, 0.25) is 0 Å². The number of hydrogen-bond acceptors (Lipinski definition) is 3. The zero-order chi connectivity index (χ0) is 16.0. The van der Waals surface area contributed by atoms with Crippen LogP contribution in [0.5, 0.6) is 0 Å². The number of carboxylic acid groups (broad SMARTS) is 1. The maximum atomic E-state index is 13.6. The third-order valence-corrected chi connectivity index (χ3v) is 2.84. The Morgan fingerprint density at radius 2 is 2.19 bits per heavy atom. The van der Waals surface area contributed by atoms with Crippen LogP contribution in [-0.2, 0) is 0 Å². The van der Waals surface area contributed by atoms with E-state index >= 15 is 0 Å². The third kappa shape index (κ3) is 4.45. The van der Waals surface area contributed by atoms with Gasteiger partial charge in [-0.05, 0) is 32.0 Å². The van der Waals surface area contributed by atoms with Gasteiger partial charge in [0.15, 0.2) is 0 Å². The number of halogens is 1. The molecule has 0 bridgehead atoms. The summed E-state index contributed by atoms with van der Waals surface area (Å²) in [5.74, 6) is -2.29. The van der Waals surface area contributed by atoms with Crippen molar-refractivity contribution < 1.29 is 19.1 Å². The van der Waals surface area contributed by atoms with Crippen molar-refractivity contribution >= 4 is 17.7 Å². The zero-order valence-corrected chi connectivity index (χ0v) is 11.8. The maximum absolute atomic E-state index is 13.6. The third-order valence-electron chi connectivity index (χ3n) is 2.84. The summed E-state index contributed by atoms with van der Waals surface area (Å²) >= 11 is 0. The molecule has 0 aliphatic heterocycles. The van der Waals surface area contributed by atoms with Crippen molar-refractivity contribution in [3.8, 4) is 6.07 Å². The van der Waals surface area contributed by atoms with Gasteiger partial charge >= 0.3 is 12.0 Å². The Kier molecular flexibility index (Phi) is 5.67. The predicted octanol–water partition coefficient (Wildman–Crippen LogP) is 2.54. The van der Waals surface area contributed by atoms with E-state index in [4.69, 9.17) is 10.4 Å². The summed E-state index contributed by atoms with van der Waals surface area (Å²) in [5, 5.41) is 19.9. The fourth-order valence-corrected chi connectivity index (χ4v) is 1.68. The van der Waals surface area contributed by atoms with E-state index in [-0.39, 0.29) is 23.7 Å². The van der Waals surface area contributed by atoms with Crippen molar-refractivity contribution in [1.29, 1.82) is 5.26 Å². The molecule has 0 heterocycles. The molecule has 0 saturated heterocycles. The molecule has 0 aromatic heterocycles. The molecule has 1 aromatic carbocycles. The molecule has 0 spiro atoms. The van der Waals surface area contributed by atoms with Crippen molar-refractivity contribution in [2.75, 3.05) is 18.4 Å². The highest BCUT2D eigenvalue weighted by molar-refractivity contribution is 5.93. The summed E-state index contributed by atoms with van der Waals surface area (Å²) in [6.45, 7) is 3.95. The number of aromatic carboxylic acids is 1. The summed E-state index contributed by atoms with van der Waals surface area (Å²) in [7, 11) is 0. The summed E-state index contributed by atoms with van der Waals surface area (Å²) < 4.78 is 13.6. The lowest BCUT2D eigenvalue weighted by atomic mass is 10.2. The molecule has 112 valence electrons. The molecular formula is C14H16FN3O3. The van der Waals surface area contributed by atoms with Gasteiger partial charge in [0.2, 0.25) is 0 Å². The molecule has 0 radical (unpaired) electrons. The maximum Gasteiger partial charge on any atom is 0.335 e. The van der Waals surface area contributed by atoms with Gasteiger partial charge in [0.1, 0.15) is 5.82 Å². The number of nitrogens with zero attached hydrogens (tertiary/aromatic N) is 2. The first-order valence-electron chi connectivity index (χ1n) is 6.37. The Morgan fingerprint density at radius 1 is 1.52 bits per heavy atom. The van der Waals surface area contributed by atoms with Gasteiger partial charge in [0.25, 0.3) is 0 Å². The summed E-state index contributed by atoms with van der Waals surface area (Å²) in [6, 6.07) is 4.57. The summed E-state index contributed by atoms with van der Waals surface area (Å²) in [5.41, 5.74) is -0.330. The SMILES string of the molecule is CCN(CC(C)C#N)C(=O)Nc1cc(C(=O)O)ccc1F. The monoisotopic (exact) mass is 293 g/mol. The highest BCUT2D eigenvalue weighted by Crippen LogP contribution is 2.17. The van der Waals surface area contributed by atoms with Gasteiger partial charge in [0.05, 0.1) is 23.2 Å². The molecule has 21 heavy (non-hydrogen) atoms. The number of anilines is 1.